The molecule has 0 bridgehead atoms. The molecule has 0 spiro atoms. The molecule has 0 amide bonds. The van der Waals surface area contributed by atoms with Gasteiger partial charge in [0.05, 0.1) is 22.1 Å². The molecule has 0 heterocycles. The molecular formula is C48H33ClN2. The zero-order valence-electron chi connectivity index (χ0n) is 27.8. The largest absolute Gasteiger partial charge is 0.309 e. The highest BCUT2D eigenvalue weighted by Gasteiger charge is 2.24. The van der Waals surface area contributed by atoms with Crippen LogP contribution in [0.25, 0.3) is 43.4 Å². The maximum Gasteiger partial charge on any atom is 0.0887 e. The van der Waals surface area contributed by atoms with Gasteiger partial charge in [0.2, 0.25) is 0 Å². The molecule has 3 heteroatoms. The van der Waals surface area contributed by atoms with E-state index < -0.39 is 0 Å². The Hall–Kier alpha value is -6.35. The van der Waals surface area contributed by atoms with Crippen LogP contribution in [-0.2, 0) is 0 Å². The minimum atomic E-state index is 0.651. The van der Waals surface area contributed by atoms with E-state index >= 15 is 0 Å². The molecule has 0 aliphatic heterocycles. The second-order valence-electron chi connectivity index (χ2n) is 12.6. The van der Waals surface area contributed by atoms with Crippen molar-refractivity contribution in [3.8, 4) is 11.1 Å². The van der Waals surface area contributed by atoms with E-state index in [1.54, 1.807) is 0 Å². The number of hydrogen-bond acceptors (Lipinski definition) is 2. The summed E-state index contributed by atoms with van der Waals surface area (Å²) in [5.74, 6) is 0. The number of nitrogens with zero attached hydrogens (tertiary/aromatic N) is 2. The number of anilines is 6. The number of rotatable bonds is 7. The summed E-state index contributed by atoms with van der Waals surface area (Å²) in [6, 6.07) is 70.6. The van der Waals surface area contributed by atoms with Crippen LogP contribution < -0.4 is 9.80 Å². The van der Waals surface area contributed by atoms with Gasteiger partial charge in [-0.2, -0.15) is 0 Å². The fraction of sp³-hybridized carbons (Fsp3) is 0. The maximum absolute atomic E-state index is 7.65. The standard InChI is InChI=1S/C48H33ClN2/c49-48-45(50(34-18-4-1-5-19-34)35-20-6-2-7-21-35)32-17-33-46(48)51(36-22-8-3-9-23-36)44-31-15-14-27-40(44)43-30-16-29-42-39-25-11-10-24-37(39)38-26-12-13-28-41(38)47(42)43/h1-33H. The molecule has 0 fully saturated rings. The van der Waals surface area contributed by atoms with Gasteiger partial charge in [-0.15, -0.1) is 0 Å². The smallest absolute Gasteiger partial charge is 0.0887 e. The second kappa shape index (κ2) is 13.2. The van der Waals surface area contributed by atoms with Crippen LogP contribution in [0.1, 0.15) is 0 Å². The number of hydrogen-bond donors (Lipinski definition) is 0. The molecule has 0 aromatic heterocycles. The quantitative estimate of drug-likeness (QED) is 0.155. The Balaban J connectivity index is 1.31. The minimum absolute atomic E-state index is 0.651. The predicted octanol–water partition coefficient (Wildman–Crippen LogP) is 14.4. The third-order valence-electron chi connectivity index (χ3n) is 9.69. The fourth-order valence-electron chi connectivity index (χ4n) is 7.50. The van der Waals surface area contributed by atoms with Crippen molar-refractivity contribution in [1.82, 2.24) is 0 Å². The lowest BCUT2D eigenvalue weighted by Gasteiger charge is -2.32. The summed E-state index contributed by atoms with van der Waals surface area (Å²) >= 11 is 7.65. The first kappa shape index (κ1) is 30.7. The zero-order chi connectivity index (χ0) is 34.1. The zero-order valence-corrected chi connectivity index (χ0v) is 28.6. The number of fused-ring (bicyclic) bond motifs is 6. The number of benzene rings is 9. The lowest BCUT2D eigenvalue weighted by atomic mass is 9.89. The monoisotopic (exact) mass is 672 g/mol. The van der Waals surface area contributed by atoms with Gasteiger partial charge in [-0.25, -0.2) is 0 Å². The summed E-state index contributed by atoms with van der Waals surface area (Å²) in [5.41, 5.74) is 8.20. The topological polar surface area (TPSA) is 6.48 Å². The highest BCUT2D eigenvalue weighted by Crippen LogP contribution is 2.50. The molecule has 0 N–H and O–H groups in total. The molecule has 242 valence electrons. The SMILES string of the molecule is Clc1c(N(c2ccccc2)c2ccccc2)cccc1N(c1ccccc1)c1ccccc1-c1cccc2c3ccccc3c3ccccc3c12. The Morgan fingerprint density at radius 1 is 0.275 bits per heavy atom. The first-order valence-electron chi connectivity index (χ1n) is 17.2. The molecule has 0 atom stereocenters. The van der Waals surface area contributed by atoms with E-state index in [2.05, 4.69) is 198 Å². The third-order valence-corrected chi connectivity index (χ3v) is 10.1. The maximum atomic E-state index is 7.65. The van der Waals surface area contributed by atoms with Crippen LogP contribution in [0.3, 0.4) is 0 Å². The van der Waals surface area contributed by atoms with E-state index in [1.807, 2.05) is 12.1 Å². The van der Waals surface area contributed by atoms with Crippen LogP contribution in [-0.4, -0.2) is 0 Å². The molecule has 0 aliphatic rings. The first-order chi connectivity index (χ1) is 25.3. The fourth-order valence-corrected chi connectivity index (χ4v) is 7.79. The van der Waals surface area contributed by atoms with Crippen LogP contribution in [0.15, 0.2) is 200 Å². The van der Waals surface area contributed by atoms with Crippen LogP contribution in [0.4, 0.5) is 34.1 Å². The molecule has 9 aromatic carbocycles. The summed E-state index contributed by atoms with van der Waals surface area (Å²) in [7, 11) is 0. The van der Waals surface area contributed by atoms with Crippen LogP contribution in [0, 0.1) is 0 Å². The van der Waals surface area contributed by atoms with Crippen molar-refractivity contribution in [2.75, 3.05) is 9.80 Å². The Kier molecular flexibility index (Phi) is 7.92. The first-order valence-corrected chi connectivity index (χ1v) is 17.6. The lowest BCUT2D eigenvalue weighted by Crippen LogP contribution is -2.15. The number of halogens is 1. The van der Waals surface area contributed by atoms with E-state index in [-0.39, 0.29) is 0 Å². The van der Waals surface area contributed by atoms with E-state index in [9.17, 15) is 0 Å². The summed E-state index contributed by atoms with van der Waals surface area (Å²) in [6.07, 6.45) is 0. The Morgan fingerprint density at radius 2 is 0.627 bits per heavy atom. The Bertz CT molecular complexity index is 2570. The normalized spacial score (nSPS) is 11.2. The highest BCUT2D eigenvalue weighted by molar-refractivity contribution is 6.37. The molecule has 0 saturated heterocycles. The van der Waals surface area contributed by atoms with E-state index in [4.69, 9.17) is 11.6 Å². The molecular weight excluding hydrogens is 640 g/mol. The molecule has 9 aromatic rings. The summed E-state index contributed by atoms with van der Waals surface area (Å²) in [4.78, 5) is 4.53. The van der Waals surface area contributed by atoms with Gasteiger partial charge in [-0.05, 0) is 92.5 Å². The predicted molar refractivity (Wildman–Crippen MR) is 219 cm³/mol. The van der Waals surface area contributed by atoms with Gasteiger partial charge < -0.3 is 9.80 Å². The van der Waals surface area contributed by atoms with Gasteiger partial charge in [0.15, 0.2) is 0 Å². The molecule has 2 nitrogen and oxygen atoms in total. The second-order valence-corrected chi connectivity index (χ2v) is 13.0. The van der Waals surface area contributed by atoms with Gasteiger partial charge in [0.1, 0.15) is 0 Å². The summed E-state index contributed by atoms with van der Waals surface area (Å²) in [6.45, 7) is 0. The molecule has 51 heavy (non-hydrogen) atoms. The Morgan fingerprint density at radius 3 is 1.20 bits per heavy atom. The van der Waals surface area contributed by atoms with Gasteiger partial charge in [-0.3, -0.25) is 0 Å². The van der Waals surface area contributed by atoms with Crippen molar-refractivity contribution in [2.24, 2.45) is 0 Å². The third kappa shape index (κ3) is 5.38. The summed E-state index contributed by atoms with van der Waals surface area (Å²) < 4.78 is 0. The van der Waals surface area contributed by atoms with Gasteiger partial charge in [0, 0.05) is 22.6 Å². The average molecular weight is 673 g/mol. The highest BCUT2D eigenvalue weighted by atomic mass is 35.5. The van der Waals surface area contributed by atoms with Crippen molar-refractivity contribution in [3.63, 3.8) is 0 Å². The summed E-state index contributed by atoms with van der Waals surface area (Å²) in [5, 5.41) is 8.14. The van der Waals surface area contributed by atoms with Crippen molar-refractivity contribution >= 4 is 78.0 Å². The van der Waals surface area contributed by atoms with Gasteiger partial charge in [-0.1, -0.05) is 157 Å². The molecule has 9 rings (SSSR count). The van der Waals surface area contributed by atoms with Crippen molar-refractivity contribution in [1.29, 1.82) is 0 Å². The molecule has 0 unspecified atom stereocenters. The van der Waals surface area contributed by atoms with E-state index in [1.165, 1.54) is 37.9 Å². The van der Waals surface area contributed by atoms with E-state index in [0.29, 0.717) is 5.02 Å². The number of para-hydroxylation sites is 4. The van der Waals surface area contributed by atoms with Crippen molar-refractivity contribution in [2.45, 2.75) is 0 Å². The van der Waals surface area contributed by atoms with Crippen LogP contribution in [0.5, 0.6) is 0 Å². The average Bonchev–Trinajstić information content (AvgIpc) is 3.21. The molecule has 0 radical (unpaired) electrons. The Labute approximate surface area is 303 Å². The van der Waals surface area contributed by atoms with Crippen molar-refractivity contribution < 1.29 is 0 Å². The van der Waals surface area contributed by atoms with Crippen LogP contribution in [0.2, 0.25) is 5.02 Å². The molecule has 0 aliphatic carbocycles. The molecule has 0 saturated carbocycles. The van der Waals surface area contributed by atoms with Crippen LogP contribution >= 0.6 is 11.6 Å². The minimum Gasteiger partial charge on any atom is -0.309 e. The van der Waals surface area contributed by atoms with Crippen molar-refractivity contribution in [3.05, 3.63) is 205 Å². The lowest BCUT2D eigenvalue weighted by molar-refractivity contribution is 1.25. The van der Waals surface area contributed by atoms with E-state index in [0.717, 1.165) is 39.7 Å². The van der Waals surface area contributed by atoms with Gasteiger partial charge >= 0.3 is 0 Å². The van der Waals surface area contributed by atoms with Gasteiger partial charge in [0.25, 0.3) is 0 Å².